The van der Waals surface area contributed by atoms with Crippen molar-refractivity contribution in [3.63, 3.8) is 0 Å². The highest BCUT2D eigenvalue weighted by Crippen LogP contribution is 2.41. The molecule has 0 unspecified atom stereocenters. The minimum atomic E-state index is -0.521. The van der Waals surface area contributed by atoms with Crippen LogP contribution in [-0.4, -0.2) is 28.0 Å². The Hall–Kier alpha value is -2.18. The van der Waals surface area contributed by atoms with Crippen molar-refractivity contribution in [2.24, 2.45) is 0 Å². The summed E-state index contributed by atoms with van der Waals surface area (Å²) in [6.45, 7) is 6.05. The Morgan fingerprint density at radius 2 is 2.32 bits per heavy atom. The molecule has 102 valence electrons. The summed E-state index contributed by atoms with van der Waals surface area (Å²) < 4.78 is 5.28. The molecule has 2 rings (SSSR count). The second-order valence-corrected chi connectivity index (χ2v) is 4.22. The SMILES string of the molecule is C=CCNc1nc(C2CC2)nc(OCC)c1[N+](=O)[O-]. The lowest BCUT2D eigenvalue weighted by Gasteiger charge is -2.10. The molecule has 0 bridgehead atoms. The molecule has 7 heteroatoms. The van der Waals surface area contributed by atoms with Crippen LogP contribution in [-0.2, 0) is 0 Å². The average Bonchev–Trinajstić information content (AvgIpc) is 3.20. The van der Waals surface area contributed by atoms with E-state index in [1.807, 2.05) is 0 Å². The fourth-order valence-corrected chi connectivity index (χ4v) is 1.67. The summed E-state index contributed by atoms with van der Waals surface area (Å²) in [6.07, 6.45) is 3.65. The van der Waals surface area contributed by atoms with Gasteiger partial charge in [-0.25, -0.2) is 4.98 Å². The van der Waals surface area contributed by atoms with E-state index >= 15 is 0 Å². The zero-order chi connectivity index (χ0) is 13.8. The van der Waals surface area contributed by atoms with Gasteiger partial charge in [0.05, 0.1) is 11.5 Å². The topological polar surface area (TPSA) is 90.2 Å². The van der Waals surface area contributed by atoms with Crippen molar-refractivity contribution in [2.45, 2.75) is 25.7 Å². The number of aromatic nitrogens is 2. The minimum Gasteiger partial charge on any atom is -0.473 e. The molecule has 1 aliphatic rings. The van der Waals surface area contributed by atoms with E-state index in [4.69, 9.17) is 4.74 Å². The van der Waals surface area contributed by atoms with Crippen LogP contribution in [0.25, 0.3) is 0 Å². The molecule has 0 aromatic carbocycles. The quantitative estimate of drug-likeness (QED) is 0.461. The highest BCUT2D eigenvalue weighted by Gasteiger charge is 2.32. The van der Waals surface area contributed by atoms with Gasteiger partial charge in [-0.2, -0.15) is 4.98 Å². The van der Waals surface area contributed by atoms with Gasteiger partial charge >= 0.3 is 5.69 Å². The zero-order valence-electron chi connectivity index (χ0n) is 10.8. The van der Waals surface area contributed by atoms with Crippen LogP contribution in [0, 0.1) is 10.1 Å². The lowest BCUT2D eigenvalue weighted by atomic mass is 10.3. The van der Waals surface area contributed by atoms with Gasteiger partial charge in [0.25, 0.3) is 5.88 Å². The normalized spacial score (nSPS) is 13.9. The second-order valence-electron chi connectivity index (χ2n) is 4.22. The standard InChI is InChI=1S/C12H16N4O3/c1-3-7-13-11-9(16(17)18)12(19-4-2)15-10(14-11)8-5-6-8/h3,8H,1,4-7H2,2H3,(H,13,14,15). The number of ether oxygens (including phenoxy) is 1. The second kappa shape index (κ2) is 5.64. The summed E-state index contributed by atoms with van der Waals surface area (Å²) in [4.78, 5) is 19.1. The van der Waals surface area contributed by atoms with Gasteiger partial charge in [0.2, 0.25) is 5.82 Å². The van der Waals surface area contributed by atoms with Crippen LogP contribution >= 0.6 is 0 Å². The number of rotatable bonds is 7. The summed E-state index contributed by atoms with van der Waals surface area (Å²) in [7, 11) is 0. The number of nitrogens with one attached hydrogen (secondary N) is 1. The van der Waals surface area contributed by atoms with Crippen molar-refractivity contribution >= 4 is 11.5 Å². The number of hydrogen-bond donors (Lipinski definition) is 1. The third-order valence-electron chi connectivity index (χ3n) is 2.69. The monoisotopic (exact) mass is 264 g/mol. The van der Waals surface area contributed by atoms with Crippen molar-refractivity contribution in [3.8, 4) is 5.88 Å². The van der Waals surface area contributed by atoms with Gasteiger partial charge in [-0.15, -0.1) is 6.58 Å². The predicted molar refractivity (Wildman–Crippen MR) is 70.5 cm³/mol. The van der Waals surface area contributed by atoms with E-state index < -0.39 is 4.92 Å². The van der Waals surface area contributed by atoms with Gasteiger partial charge in [0, 0.05) is 12.5 Å². The van der Waals surface area contributed by atoms with Crippen LogP contribution in [0.4, 0.5) is 11.5 Å². The van der Waals surface area contributed by atoms with Crippen LogP contribution in [0.3, 0.4) is 0 Å². The Balaban J connectivity index is 2.45. The first kappa shape index (κ1) is 13.3. The molecule has 0 amide bonds. The van der Waals surface area contributed by atoms with Crippen molar-refractivity contribution in [2.75, 3.05) is 18.5 Å². The van der Waals surface area contributed by atoms with Crippen LogP contribution in [0.2, 0.25) is 0 Å². The Kier molecular flexibility index (Phi) is 3.94. The molecular weight excluding hydrogens is 248 g/mol. The molecule has 1 aliphatic carbocycles. The van der Waals surface area contributed by atoms with Gasteiger partial charge in [0.1, 0.15) is 5.82 Å². The molecule has 19 heavy (non-hydrogen) atoms. The van der Waals surface area contributed by atoms with E-state index in [0.717, 1.165) is 12.8 Å². The summed E-state index contributed by atoms with van der Waals surface area (Å²) >= 11 is 0. The number of anilines is 1. The molecule has 1 heterocycles. The summed E-state index contributed by atoms with van der Waals surface area (Å²) in [5, 5.41) is 14.0. The maximum absolute atomic E-state index is 11.2. The molecule has 0 atom stereocenters. The first-order valence-corrected chi connectivity index (χ1v) is 6.21. The Bertz CT molecular complexity index is 500. The number of hydrogen-bond acceptors (Lipinski definition) is 6. The van der Waals surface area contributed by atoms with Crippen molar-refractivity contribution in [3.05, 3.63) is 28.6 Å². The number of nitro groups is 1. The van der Waals surface area contributed by atoms with Crippen LogP contribution in [0.1, 0.15) is 31.5 Å². The maximum atomic E-state index is 11.2. The van der Waals surface area contributed by atoms with Crippen molar-refractivity contribution in [1.82, 2.24) is 9.97 Å². The van der Waals surface area contributed by atoms with Gasteiger partial charge in [-0.1, -0.05) is 6.08 Å². The fourth-order valence-electron chi connectivity index (χ4n) is 1.67. The molecule has 1 fully saturated rings. The van der Waals surface area contributed by atoms with Gasteiger partial charge < -0.3 is 10.1 Å². The molecule has 0 radical (unpaired) electrons. The van der Waals surface area contributed by atoms with Crippen molar-refractivity contribution < 1.29 is 9.66 Å². The molecule has 1 aromatic heterocycles. The molecule has 0 spiro atoms. The summed E-state index contributed by atoms with van der Waals surface area (Å²) in [5.74, 6) is 1.14. The largest absolute Gasteiger partial charge is 0.473 e. The number of nitrogens with zero attached hydrogens (tertiary/aromatic N) is 3. The van der Waals surface area contributed by atoms with Crippen LogP contribution in [0.5, 0.6) is 5.88 Å². The average molecular weight is 264 g/mol. The minimum absolute atomic E-state index is 0.0379. The fraction of sp³-hybridized carbons (Fsp3) is 0.500. The van der Waals surface area contributed by atoms with Crippen molar-refractivity contribution in [1.29, 1.82) is 0 Å². The van der Waals surface area contributed by atoms with E-state index in [1.165, 1.54) is 0 Å². The Labute approximate surface area is 110 Å². The first-order chi connectivity index (χ1) is 9.17. The highest BCUT2D eigenvalue weighted by molar-refractivity contribution is 5.62. The smallest absolute Gasteiger partial charge is 0.372 e. The van der Waals surface area contributed by atoms with Crippen LogP contribution < -0.4 is 10.1 Å². The van der Waals surface area contributed by atoms with E-state index in [9.17, 15) is 10.1 Å². The van der Waals surface area contributed by atoms with Crippen LogP contribution in [0.15, 0.2) is 12.7 Å². The molecule has 0 aliphatic heterocycles. The van der Waals surface area contributed by atoms with Gasteiger partial charge in [0.15, 0.2) is 0 Å². The zero-order valence-corrected chi connectivity index (χ0v) is 10.8. The Morgan fingerprint density at radius 1 is 1.58 bits per heavy atom. The Morgan fingerprint density at radius 3 is 2.84 bits per heavy atom. The van der Waals surface area contributed by atoms with E-state index in [2.05, 4.69) is 21.9 Å². The summed E-state index contributed by atoms with van der Waals surface area (Å²) in [5.41, 5.74) is -0.215. The summed E-state index contributed by atoms with van der Waals surface area (Å²) in [6, 6.07) is 0. The predicted octanol–water partition coefficient (Wildman–Crippen LogP) is 2.26. The lowest BCUT2D eigenvalue weighted by Crippen LogP contribution is -2.10. The molecule has 0 saturated heterocycles. The third kappa shape index (κ3) is 2.98. The highest BCUT2D eigenvalue weighted by atomic mass is 16.6. The third-order valence-corrected chi connectivity index (χ3v) is 2.69. The molecule has 1 aromatic rings. The maximum Gasteiger partial charge on any atom is 0.372 e. The molecule has 7 nitrogen and oxygen atoms in total. The van der Waals surface area contributed by atoms with E-state index in [1.54, 1.807) is 13.0 Å². The van der Waals surface area contributed by atoms with Gasteiger partial charge in [-0.3, -0.25) is 10.1 Å². The van der Waals surface area contributed by atoms with E-state index in [0.29, 0.717) is 24.9 Å². The van der Waals surface area contributed by atoms with Gasteiger partial charge in [-0.05, 0) is 19.8 Å². The lowest BCUT2D eigenvalue weighted by molar-refractivity contribution is -0.385. The first-order valence-electron chi connectivity index (χ1n) is 6.21. The molecule has 1 saturated carbocycles. The molecule has 1 N–H and O–H groups in total. The van der Waals surface area contributed by atoms with E-state index in [-0.39, 0.29) is 17.4 Å². The molecular formula is C12H16N4O3.